The summed E-state index contributed by atoms with van der Waals surface area (Å²) in [6.45, 7) is 9.48. The predicted molar refractivity (Wildman–Crippen MR) is 88.7 cm³/mol. The average Bonchev–Trinajstić information content (AvgIpc) is 2.39. The summed E-state index contributed by atoms with van der Waals surface area (Å²) in [7, 11) is 0. The standard InChI is InChI=1S/C17H28O2S/c1-13(2)12-14(3)16-6-8-17(9-7-16)19-15(4)18-10-11-20-5/h6-9,13-15H,10-12H2,1-5H3. The van der Waals surface area contributed by atoms with Crippen molar-refractivity contribution in [2.24, 2.45) is 5.92 Å². The van der Waals surface area contributed by atoms with Gasteiger partial charge in [-0.3, -0.25) is 0 Å². The van der Waals surface area contributed by atoms with Gasteiger partial charge in [-0.2, -0.15) is 11.8 Å². The van der Waals surface area contributed by atoms with Crippen LogP contribution in [0.25, 0.3) is 0 Å². The molecule has 2 nitrogen and oxygen atoms in total. The van der Waals surface area contributed by atoms with E-state index in [0.29, 0.717) is 5.92 Å². The van der Waals surface area contributed by atoms with E-state index in [1.54, 1.807) is 11.8 Å². The molecule has 0 fully saturated rings. The Morgan fingerprint density at radius 1 is 1.05 bits per heavy atom. The van der Waals surface area contributed by atoms with Gasteiger partial charge in [0, 0.05) is 5.75 Å². The second kappa shape index (κ2) is 9.30. The van der Waals surface area contributed by atoms with Crippen LogP contribution in [0.4, 0.5) is 0 Å². The molecule has 0 aliphatic carbocycles. The van der Waals surface area contributed by atoms with Crippen LogP contribution in [0.2, 0.25) is 0 Å². The molecule has 2 unspecified atom stereocenters. The molecule has 1 rings (SSSR count). The Kier molecular flexibility index (Phi) is 8.08. The monoisotopic (exact) mass is 296 g/mol. The SMILES string of the molecule is CSCCOC(C)Oc1ccc(C(C)CC(C)C)cc1. The molecule has 0 saturated heterocycles. The van der Waals surface area contributed by atoms with Gasteiger partial charge in [-0.25, -0.2) is 0 Å². The van der Waals surface area contributed by atoms with E-state index in [2.05, 4.69) is 39.2 Å². The third kappa shape index (κ3) is 6.67. The van der Waals surface area contributed by atoms with Crippen molar-refractivity contribution in [3.05, 3.63) is 29.8 Å². The van der Waals surface area contributed by atoms with Gasteiger partial charge in [0.1, 0.15) is 5.75 Å². The van der Waals surface area contributed by atoms with Gasteiger partial charge in [0.05, 0.1) is 6.61 Å². The lowest BCUT2D eigenvalue weighted by atomic mass is 9.92. The molecule has 0 aliphatic rings. The Balaban J connectivity index is 2.45. The largest absolute Gasteiger partial charge is 0.465 e. The van der Waals surface area contributed by atoms with Crippen molar-refractivity contribution in [3.8, 4) is 5.75 Å². The zero-order valence-corrected chi connectivity index (χ0v) is 14.2. The highest BCUT2D eigenvalue weighted by atomic mass is 32.2. The number of benzene rings is 1. The van der Waals surface area contributed by atoms with Gasteiger partial charge < -0.3 is 9.47 Å². The highest BCUT2D eigenvalue weighted by Gasteiger charge is 2.09. The van der Waals surface area contributed by atoms with E-state index < -0.39 is 0 Å². The van der Waals surface area contributed by atoms with Crippen molar-refractivity contribution in [2.45, 2.75) is 46.3 Å². The van der Waals surface area contributed by atoms with Gasteiger partial charge in [0.15, 0.2) is 6.29 Å². The first-order chi connectivity index (χ1) is 9.52. The van der Waals surface area contributed by atoms with E-state index in [9.17, 15) is 0 Å². The molecule has 1 aromatic rings. The molecule has 0 heterocycles. The smallest absolute Gasteiger partial charge is 0.197 e. The predicted octanol–water partition coefficient (Wildman–Crippen LogP) is 4.94. The summed E-state index contributed by atoms with van der Waals surface area (Å²) in [5, 5.41) is 0. The summed E-state index contributed by atoms with van der Waals surface area (Å²) in [5.41, 5.74) is 1.38. The number of ether oxygens (including phenoxy) is 2. The van der Waals surface area contributed by atoms with Crippen LogP contribution in [0.5, 0.6) is 5.75 Å². The van der Waals surface area contributed by atoms with Crippen molar-refractivity contribution < 1.29 is 9.47 Å². The first-order valence-electron chi connectivity index (χ1n) is 7.40. The normalized spacial score (nSPS) is 14.3. The van der Waals surface area contributed by atoms with Crippen LogP contribution >= 0.6 is 11.8 Å². The Labute approximate surface area is 128 Å². The van der Waals surface area contributed by atoms with Gasteiger partial charge in [-0.15, -0.1) is 0 Å². The maximum absolute atomic E-state index is 5.75. The molecule has 0 amide bonds. The third-order valence-corrected chi connectivity index (χ3v) is 3.79. The molecule has 0 spiro atoms. The summed E-state index contributed by atoms with van der Waals surface area (Å²) in [6, 6.07) is 8.41. The lowest BCUT2D eigenvalue weighted by Crippen LogP contribution is -2.17. The lowest BCUT2D eigenvalue weighted by Gasteiger charge is -2.17. The van der Waals surface area contributed by atoms with Gasteiger partial charge in [-0.05, 0) is 49.1 Å². The molecular weight excluding hydrogens is 268 g/mol. The molecule has 0 radical (unpaired) electrons. The second-order valence-corrected chi connectivity index (χ2v) is 6.63. The Morgan fingerprint density at radius 2 is 1.70 bits per heavy atom. The maximum Gasteiger partial charge on any atom is 0.197 e. The fourth-order valence-electron chi connectivity index (χ4n) is 2.24. The van der Waals surface area contributed by atoms with E-state index in [1.165, 1.54) is 12.0 Å². The second-order valence-electron chi connectivity index (χ2n) is 5.65. The molecule has 0 N–H and O–H groups in total. The molecule has 0 aromatic heterocycles. The maximum atomic E-state index is 5.75. The topological polar surface area (TPSA) is 18.5 Å². The van der Waals surface area contributed by atoms with E-state index in [1.807, 2.05) is 19.1 Å². The third-order valence-electron chi connectivity index (χ3n) is 3.22. The fourth-order valence-corrected chi connectivity index (χ4v) is 2.50. The quantitative estimate of drug-likeness (QED) is 0.475. The minimum absolute atomic E-state index is 0.193. The number of hydrogen-bond acceptors (Lipinski definition) is 3. The lowest BCUT2D eigenvalue weighted by molar-refractivity contribution is -0.0602. The van der Waals surface area contributed by atoms with Crippen molar-refractivity contribution in [1.29, 1.82) is 0 Å². The van der Waals surface area contributed by atoms with Crippen molar-refractivity contribution in [3.63, 3.8) is 0 Å². The average molecular weight is 296 g/mol. The molecule has 20 heavy (non-hydrogen) atoms. The summed E-state index contributed by atoms with van der Waals surface area (Å²) in [5.74, 6) is 3.20. The van der Waals surface area contributed by atoms with Crippen molar-refractivity contribution in [1.82, 2.24) is 0 Å². The highest BCUT2D eigenvalue weighted by molar-refractivity contribution is 7.98. The zero-order valence-electron chi connectivity index (χ0n) is 13.4. The van der Waals surface area contributed by atoms with Crippen LogP contribution in [-0.4, -0.2) is 24.9 Å². The molecule has 0 saturated carbocycles. The molecule has 114 valence electrons. The first kappa shape index (κ1) is 17.4. The van der Waals surface area contributed by atoms with Gasteiger partial charge >= 0.3 is 0 Å². The van der Waals surface area contributed by atoms with E-state index >= 15 is 0 Å². The Bertz CT molecular complexity index is 362. The molecule has 0 bridgehead atoms. The van der Waals surface area contributed by atoms with Crippen LogP contribution in [-0.2, 0) is 4.74 Å². The molecule has 2 atom stereocenters. The minimum atomic E-state index is -0.193. The van der Waals surface area contributed by atoms with Gasteiger partial charge in [-0.1, -0.05) is 32.9 Å². The molecule has 1 aromatic carbocycles. The molecule has 0 aliphatic heterocycles. The number of hydrogen-bond donors (Lipinski definition) is 0. The van der Waals surface area contributed by atoms with Crippen LogP contribution in [0.15, 0.2) is 24.3 Å². The van der Waals surface area contributed by atoms with Crippen LogP contribution in [0, 0.1) is 5.92 Å². The van der Waals surface area contributed by atoms with Gasteiger partial charge in [0.2, 0.25) is 0 Å². The van der Waals surface area contributed by atoms with Crippen LogP contribution in [0.1, 0.15) is 45.6 Å². The van der Waals surface area contributed by atoms with E-state index in [4.69, 9.17) is 9.47 Å². The first-order valence-corrected chi connectivity index (χ1v) is 8.79. The Hall–Kier alpha value is -0.670. The van der Waals surface area contributed by atoms with Crippen molar-refractivity contribution >= 4 is 11.8 Å². The van der Waals surface area contributed by atoms with Crippen molar-refractivity contribution in [2.75, 3.05) is 18.6 Å². The Morgan fingerprint density at radius 3 is 2.25 bits per heavy atom. The zero-order chi connectivity index (χ0) is 15.0. The molecule has 3 heteroatoms. The van der Waals surface area contributed by atoms with E-state index in [0.717, 1.165) is 24.0 Å². The number of thioether (sulfide) groups is 1. The van der Waals surface area contributed by atoms with Gasteiger partial charge in [0.25, 0.3) is 0 Å². The minimum Gasteiger partial charge on any atom is -0.465 e. The summed E-state index contributed by atoms with van der Waals surface area (Å²) in [4.78, 5) is 0. The molecular formula is C17H28O2S. The highest BCUT2D eigenvalue weighted by Crippen LogP contribution is 2.25. The van der Waals surface area contributed by atoms with Crippen LogP contribution < -0.4 is 4.74 Å². The summed E-state index contributed by atoms with van der Waals surface area (Å²) >= 11 is 1.78. The fraction of sp³-hybridized carbons (Fsp3) is 0.647. The summed E-state index contributed by atoms with van der Waals surface area (Å²) < 4.78 is 11.3. The van der Waals surface area contributed by atoms with E-state index in [-0.39, 0.29) is 6.29 Å². The van der Waals surface area contributed by atoms with Crippen LogP contribution in [0.3, 0.4) is 0 Å². The summed E-state index contributed by atoms with van der Waals surface area (Å²) in [6.07, 6.45) is 3.10. The number of rotatable bonds is 9.